The zero-order chi connectivity index (χ0) is 19.6. The number of benzene rings is 2. The summed E-state index contributed by atoms with van der Waals surface area (Å²) in [5.74, 6) is 1.71. The Kier molecular flexibility index (Phi) is 4.50. The van der Waals surface area contributed by atoms with Crippen LogP contribution in [0.15, 0.2) is 71.6 Å². The first-order valence-corrected chi connectivity index (χ1v) is 10.2. The summed E-state index contributed by atoms with van der Waals surface area (Å²) in [6.07, 6.45) is 2.66. The molecule has 2 aromatic heterocycles. The Bertz CT molecular complexity index is 1150. The van der Waals surface area contributed by atoms with E-state index in [-0.39, 0.29) is 0 Å². The molecule has 0 fully saturated rings. The molecule has 3 N–H and O–H groups in total. The normalized spacial score (nSPS) is 12.6. The molecule has 2 aromatic carbocycles. The standard InChI is InChI=1S/C22H19N5OS/c23-16-2-1-3-17(13-16)25-22-24-9-6-21(26-22)28-19-4-5-20-15(12-19)7-10-27(20)18-8-11-29-14-18/h1-6,8-9,11-14H,7,10,23H2,(H,24,25,26). The zero-order valence-corrected chi connectivity index (χ0v) is 16.4. The quantitative estimate of drug-likeness (QED) is 0.439. The van der Waals surface area contributed by atoms with Gasteiger partial charge in [0.1, 0.15) is 5.75 Å². The number of rotatable bonds is 5. The molecule has 29 heavy (non-hydrogen) atoms. The molecule has 0 bridgehead atoms. The van der Waals surface area contributed by atoms with Gasteiger partial charge < -0.3 is 20.7 Å². The molecule has 7 heteroatoms. The Hall–Kier alpha value is -3.58. The summed E-state index contributed by atoms with van der Waals surface area (Å²) in [7, 11) is 0. The molecule has 1 aliphatic heterocycles. The summed E-state index contributed by atoms with van der Waals surface area (Å²) < 4.78 is 6.00. The Morgan fingerprint density at radius 3 is 2.93 bits per heavy atom. The maximum atomic E-state index is 6.00. The van der Waals surface area contributed by atoms with Crippen molar-refractivity contribution in [2.45, 2.75) is 6.42 Å². The molecule has 144 valence electrons. The van der Waals surface area contributed by atoms with Crippen LogP contribution in [0.3, 0.4) is 0 Å². The van der Waals surface area contributed by atoms with Crippen LogP contribution in [0.4, 0.5) is 28.7 Å². The van der Waals surface area contributed by atoms with Crippen LogP contribution in [-0.2, 0) is 6.42 Å². The molecule has 0 unspecified atom stereocenters. The van der Waals surface area contributed by atoms with Crippen LogP contribution < -0.4 is 20.7 Å². The lowest BCUT2D eigenvalue weighted by Crippen LogP contribution is -2.11. The molecule has 0 amide bonds. The number of nitrogens with zero attached hydrogens (tertiary/aromatic N) is 3. The summed E-state index contributed by atoms with van der Waals surface area (Å²) in [6, 6.07) is 17.5. The van der Waals surface area contributed by atoms with Gasteiger partial charge in [-0.3, -0.25) is 0 Å². The van der Waals surface area contributed by atoms with Gasteiger partial charge in [0.05, 0.1) is 5.69 Å². The fourth-order valence-corrected chi connectivity index (χ4v) is 4.09. The fourth-order valence-electron chi connectivity index (χ4n) is 3.45. The smallest absolute Gasteiger partial charge is 0.230 e. The van der Waals surface area contributed by atoms with E-state index >= 15 is 0 Å². The van der Waals surface area contributed by atoms with Gasteiger partial charge in [-0.15, -0.1) is 0 Å². The fraction of sp³-hybridized carbons (Fsp3) is 0.0909. The molecule has 0 saturated heterocycles. The lowest BCUT2D eigenvalue weighted by molar-refractivity contribution is 0.462. The molecular formula is C22H19N5OS. The molecular weight excluding hydrogens is 382 g/mol. The summed E-state index contributed by atoms with van der Waals surface area (Å²) >= 11 is 1.72. The van der Waals surface area contributed by atoms with Crippen molar-refractivity contribution in [2.75, 3.05) is 22.5 Å². The van der Waals surface area contributed by atoms with Crippen molar-refractivity contribution in [3.63, 3.8) is 0 Å². The third kappa shape index (κ3) is 3.72. The number of nitrogen functional groups attached to an aromatic ring is 1. The molecule has 3 heterocycles. The third-order valence-corrected chi connectivity index (χ3v) is 5.43. The number of hydrogen-bond acceptors (Lipinski definition) is 7. The predicted molar refractivity (Wildman–Crippen MR) is 118 cm³/mol. The minimum atomic E-state index is 0.456. The highest BCUT2D eigenvalue weighted by Crippen LogP contribution is 2.38. The SMILES string of the molecule is Nc1cccc(Nc2nccc(Oc3ccc4c(c3)CCN4c3ccsc3)n2)c1. The van der Waals surface area contributed by atoms with Crippen molar-refractivity contribution >= 4 is 40.0 Å². The minimum Gasteiger partial charge on any atom is -0.439 e. The topological polar surface area (TPSA) is 76.3 Å². The second-order valence-electron chi connectivity index (χ2n) is 6.74. The van der Waals surface area contributed by atoms with Gasteiger partial charge >= 0.3 is 0 Å². The first-order valence-electron chi connectivity index (χ1n) is 9.31. The molecule has 6 nitrogen and oxygen atoms in total. The third-order valence-electron chi connectivity index (χ3n) is 4.76. The number of nitrogens with one attached hydrogen (secondary N) is 1. The summed E-state index contributed by atoms with van der Waals surface area (Å²) in [5, 5.41) is 7.43. The Balaban J connectivity index is 1.33. The van der Waals surface area contributed by atoms with Crippen LogP contribution in [0.2, 0.25) is 0 Å². The van der Waals surface area contributed by atoms with Gasteiger partial charge in [-0.2, -0.15) is 16.3 Å². The van der Waals surface area contributed by atoms with Crippen LogP contribution in [0.5, 0.6) is 11.6 Å². The maximum Gasteiger partial charge on any atom is 0.230 e. The number of nitrogens with two attached hydrogens (primary N) is 1. The van der Waals surface area contributed by atoms with E-state index in [2.05, 4.69) is 49.1 Å². The minimum absolute atomic E-state index is 0.456. The summed E-state index contributed by atoms with van der Waals surface area (Å²) in [5.41, 5.74) is 11.1. The first-order chi connectivity index (χ1) is 14.2. The van der Waals surface area contributed by atoms with Crippen molar-refractivity contribution in [3.8, 4) is 11.6 Å². The highest BCUT2D eigenvalue weighted by atomic mass is 32.1. The van der Waals surface area contributed by atoms with E-state index in [4.69, 9.17) is 10.5 Å². The number of hydrogen-bond donors (Lipinski definition) is 2. The molecule has 1 aliphatic rings. The first kappa shape index (κ1) is 17.5. The average molecular weight is 401 g/mol. The number of fused-ring (bicyclic) bond motifs is 1. The monoisotopic (exact) mass is 401 g/mol. The summed E-state index contributed by atoms with van der Waals surface area (Å²) in [4.78, 5) is 11.0. The van der Waals surface area contributed by atoms with E-state index < -0.39 is 0 Å². The lowest BCUT2D eigenvalue weighted by atomic mass is 10.1. The average Bonchev–Trinajstić information content (AvgIpc) is 3.37. The zero-order valence-electron chi connectivity index (χ0n) is 15.6. The van der Waals surface area contributed by atoms with Gasteiger partial charge in [0, 0.05) is 41.3 Å². The van der Waals surface area contributed by atoms with Gasteiger partial charge in [-0.05, 0) is 59.8 Å². The lowest BCUT2D eigenvalue weighted by Gasteiger charge is -2.17. The molecule has 0 aliphatic carbocycles. The molecule has 0 spiro atoms. The highest BCUT2D eigenvalue weighted by molar-refractivity contribution is 7.08. The van der Waals surface area contributed by atoms with Crippen molar-refractivity contribution in [1.29, 1.82) is 0 Å². The largest absolute Gasteiger partial charge is 0.439 e. The Morgan fingerprint density at radius 1 is 1.10 bits per heavy atom. The van der Waals surface area contributed by atoms with Crippen molar-refractivity contribution in [2.24, 2.45) is 0 Å². The molecule has 0 atom stereocenters. The number of ether oxygens (including phenoxy) is 1. The van der Waals surface area contributed by atoms with Crippen molar-refractivity contribution in [3.05, 3.63) is 77.1 Å². The number of thiophene rings is 1. The van der Waals surface area contributed by atoms with E-state index in [1.165, 1.54) is 16.9 Å². The maximum absolute atomic E-state index is 6.00. The van der Waals surface area contributed by atoms with Gasteiger partial charge in [0.25, 0.3) is 0 Å². The van der Waals surface area contributed by atoms with Crippen LogP contribution in [0, 0.1) is 0 Å². The van der Waals surface area contributed by atoms with Gasteiger partial charge in [-0.25, -0.2) is 4.98 Å². The second kappa shape index (κ2) is 7.44. The van der Waals surface area contributed by atoms with Crippen molar-refractivity contribution in [1.82, 2.24) is 9.97 Å². The van der Waals surface area contributed by atoms with Gasteiger partial charge in [-0.1, -0.05) is 6.07 Å². The molecule has 0 radical (unpaired) electrons. The molecule has 0 saturated carbocycles. The van der Waals surface area contributed by atoms with E-state index in [9.17, 15) is 0 Å². The second-order valence-corrected chi connectivity index (χ2v) is 7.52. The van der Waals surface area contributed by atoms with Crippen LogP contribution in [0.25, 0.3) is 0 Å². The van der Waals surface area contributed by atoms with Gasteiger partial charge in [0.2, 0.25) is 11.8 Å². The van der Waals surface area contributed by atoms with Crippen molar-refractivity contribution < 1.29 is 4.74 Å². The Morgan fingerprint density at radius 2 is 2.07 bits per heavy atom. The van der Waals surface area contributed by atoms with Crippen LogP contribution in [0.1, 0.15) is 5.56 Å². The van der Waals surface area contributed by atoms with E-state index in [0.717, 1.165) is 24.4 Å². The Labute approximate surface area is 172 Å². The van der Waals surface area contributed by atoms with E-state index in [1.807, 2.05) is 30.3 Å². The van der Waals surface area contributed by atoms with E-state index in [0.29, 0.717) is 17.5 Å². The van der Waals surface area contributed by atoms with Crippen LogP contribution in [-0.4, -0.2) is 16.5 Å². The highest BCUT2D eigenvalue weighted by Gasteiger charge is 2.21. The predicted octanol–water partition coefficient (Wildman–Crippen LogP) is 5.35. The van der Waals surface area contributed by atoms with Gasteiger partial charge in [0.15, 0.2) is 0 Å². The van der Waals surface area contributed by atoms with Crippen LogP contribution >= 0.6 is 11.3 Å². The molecule has 4 aromatic rings. The number of anilines is 5. The number of aromatic nitrogens is 2. The summed E-state index contributed by atoms with van der Waals surface area (Å²) in [6.45, 7) is 0.983. The van der Waals surface area contributed by atoms with E-state index in [1.54, 1.807) is 23.6 Å². The molecule has 5 rings (SSSR count).